The summed E-state index contributed by atoms with van der Waals surface area (Å²) in [4.78, 5) is 0. The van der Waals surface area contributed by atoms with Crippen molar-refractivity contribution in [2.45, 2.75) is 0 Å². The topological polar surface area (TPSA) is 246 Å². The summed E-state index contributed by atoms with van der Waals surface area (Å²) in [6, 6.07) is 10.3. The van der Waals surface area contributed by atoms with Crippen LogP contribution in [0.3, 0.4) is 0 Å². The van der Waals surface area contributed by atoms with Crippen LogP contribution in [0, 0.1) is 0 Å². The predicted molar refractivity (Wildman–Crippen MR) is 146 cm³/mol. The summed E-state index contributed by atoms with van der Waals surface area (Å²) in [6.07, 6.45) is 0. The van der Waals surface area contributed by atoms with Gasteiger partial charge in [-0.3, -0.25) is 9.11 Å². The van der Waals surface area contributed by atoms with Crippen molar-refractivity contribution in [2.24, 2.45) is 33.1 Å². The Morgan fingerprint density at radius 1 is 0.730 bits per heavy atom. The number of nitrogens with one attached hydrogen (secondary N) is 2. The minimum absolute atomic E-state index is 0.0317. The molecular formula is C18H26Cl4N8O6S. The highest BCUT2D eigenvalue weighted by Gasteiger charge is 2.06. The van der Waals surface area contributed by atoms with Crippen LogP contribution in [-0.2, 0) is 10.4 Å². The molecule has 0 amide bonds. The van der Waals surface area contributed by atoms with Crippen LogP contribution in [0.15, 0.2) is 46.6 Å². The standard InChI is InChI=1S/2C9H12Cl2N4O.H2O4S/c2*10-6-2-1-3-7(11)8(6)16-5-4-14-15-9(12)13;1-5(2,3)4/h2*1-3,14H,4-5H2,(H4,12,13,15);(H2,1,2,3,4). The van der Waals surface area contributed by atoms with Gasteiger partial charge in [-0.15, -0.1) is 10.2 Å². The average Bonchev–Trinajstić information content (AvgIpc) is 2.76. The van der Waals surface area contributed by atoms with Gasteiger partial charge in [0, 0.05) is 0 Å². The van der Waals surface area contributed by atoms with Crippen molar-refractivity contribution in [3.05, 3.63) is 56.5 Å². The second-order valence-corrected chi connectivity index (χ2v) is 8.66. The fourth-order valence-corrected chi connectivity index (χ4v) is 2.95. The molecule has 0 aromatic heterocycles. The van der Waals surface area contributed by atoms with Crippen LogP contribution in [0.25, 0.3) is 0 Å². The molecule has 0 aliphatic heterocycles. The highest BCUT2D eigenvalue weighted by atomic mass is 35.5. The van der Waals surface area contributed by atoms with E-state index in [-0.39, 0.29) is 11.9 Å². The van der Waals surface area contributed by atoms with Gasteiger partial charge in [0.1, 0.15) is 13.2 Å². The lowest BCUT2D eigenvalue weighted by Gasteiger charge is -2.09. The van der Waals surface area contributed by atoms with Crippen LogP contribution in [0.5, 0.6) is 11.5 Å². The van der Waals surface area contributed by atoms with E-state index in [1.807, 2.05) is 0 Å². The number of nitrogens with zero attached hydrogens (tertiary/aromatic N) is 2. The maximum Gasteiger partial charge on any atom is 0.394 e. The minimum Gasteiger partial charge on any atom is -0.489 e. The lowest BCUT2D eigenvalue weighted by molar-refractivity contribution is 0.315. The number of ether oxygens (including phenoxy) is 2. The Morgan fingerprint density at radius 3 is 1.24 bits per heavy atom. The zero-order chi connectivity index (χ0) is 28.4. The molecule has 37 heavy (non-hydrogen) atoms. The smallest absolute Gasteiger partial charge is 0.394 e. The zero-order valence-corrected chi connectivity index (χ0v) is 22.8. The molecule has 19 heteroatoms. The number of halogens is 4. The summed E-state index contributed by atoms with van der Waals surface area (Å²) in [5.74, 6) is 0.848. The van der Waals surface area contributed by atoms with Gasteiger partial charge in [0.25, 0.3) is 0 Å². The first-order valence-corrected chi connectivity index (χ1v) is 12.6. The molecule has 12 N–H and O–H groups in total. The summed E-state index contributed by atoms with van der Waals surface area (Å²) < 4.78 is 42.3. The number of para-hydroxylation sites is 2. The Morgan fingerprint density at radius 2 is 1.00 bits per heavy atom. The van der Waals surface area contributed by atoms with E-state index in [2.05, 4.69) is 21.1 Å². The van der Waals surface area contributed by atoms with Crippen LogP contribution in [0.1, 0.15) is 0 Å². The summed E-state index contributed by atoms with van der Waals surface area (Å²) in [5.41, 5.74) is 25.7. The molecule has 0 aliphatic carbocycles. The quantitative estimate of drug-likeness (QED) is 0.0618. The molecule has 2 aromatic rings. The Labute approximate surface area is 233 Å². The van der Waals surface area contributed by atoms with E-state index >= 15 is 0 Å². The second-order valence-electron chi connectivity index (χ2n) is 6.14. The molecule has 2 rings (SSSR count). The average molecular weight is 624 g/mol. The van der Waals surface area contributed by atoms with Gasteiger partial charge in [0.05, 0.1) is 33.2 Å². The SMILES string of the molecule is NC(N)=NNCCOc1c(Cl)cccc1Cl.NC(N)=NNCCOc1c(Cl)cccc1Cl.O=S(=O)(O)O. The number of hydrazone groups is 2. The Kier molecular flexibility index (Phi) is 17.1. The summed E-state index contributed by atoms with van der Waals surface area (Å²) in [7, 11) is -4.67. The number of hydrogen-bond acceptors (Lipinski definition) is 8. The Hall–Kier alpha value is -2.79. The molecule has 14 nitrogen and oxygen atoms in total. The van der Waals surface area contributed by atoms with Crippen molar-refractivity contribution < 1.29 is 27.0 Å². The van der Waals surface area contributed by atoms with Crippen molar-refractivity contribution in [1.82, 2.24) is 10.9 Å². The van der Waals surface area contributed by atoms with Gasteiger partial charge >= 0.3 is 10.4 Å². The molecular weight excluding hydrogens is 598 g/mol. The molecule has 0 saturated heterocycles. The van der Waals surface area contributed by atoms with E-state index in [1.165, 1.54) is 0 Å². The summed E-state index contributed by atoms with van der Waals surface area (Å²) in [6.45, 7) is 1.58. The maximum atomic E-state index is 8.74. The third kappa shape index (κ3) is 19.0. The fraction of sp³-hybridized carbons (Fsp3) is 0.222. The van der Waals surface area contributed by atoms with Crippen LogP contribution in [0.4, 0.5) is 0 Å². The zero-order valence-electron chi connectivity index (χ0n) is 18.9. The van der Waals surface area contributed by atoms with Crippen LogP contribution < -0.4 is 43.3 Å². The molecule has 0 aliphatic rings. The van der Waals surface area contributed by atoms with Crippen molar-refractivity contribution in [1.29, 1.82) is 0 Å². The monoisotopic (exact) mass is 622 g/mol. The lowest BCUT2D eigenvalue weighted by Crippen LogP contribution is -2.27. The number of rotatable bonds is 10. The van der Waals surface area contributed by atoms with Crippen molar-refractivity contribution in [2.75, 3.05) is 26.3 Å². The van der Waals surface area contributed by atoms with Gasteiger partial charge in [0.2, 0.25) is 11.9 Å². The maximum absolute atomic E-state index is 8.74. The molecule has 208 valence electrons. The molecule has 0 spiro atoms. The molecule has 0 bridgehead atoms. The number of guanidine groups is 2. The molecule has 2 aromatic carbocycles. The minimum atomic E-state index is -4.67. The van der Waals surface area contributed by atoms with Gasteiger partial charge in [-0.2, -0.15) is 8.42 Å². The van der Waals surface area contributed by atoms with E-state index in [1.54, 1.807) is 36.4 Å². The van der Waals surface area contributed by atoms with Crippen LogP contribution in [0.2, 0.25) is 20.1 Å². The Bertz CT molecular complexity index is 1010. The van der Waals surface area contributed by atoms with Gasteiger partial charge < -0.3 is 43.3 Å². The van der Waals surface area contributed by atoms with Crippen LogP contribution >= 0.6 is 46.4 Å². The van der Waals surface area contributed by atoms with Gasteiger partial charge in [0.15, 0.2) is 11.5 Å². The largest absolute Gasteiger partial charge is 0.489 e. The predicted octanol–water partition coefficient (Wildman–Crippen LogP) is 1.65. The molecule has 0 heterocycles. The van der Waals surface area contributed by atoms with E-state index < -0.39 is 10.4 Å². The molecule has 0 fully saturated rings. The lowest BCUT2D eigenvalue weighted by atomic mass is 10.3. The van der Waals surface area contributed by atoms with E-state index in [9.17, 15) is 0 Å². The summed E-state index contributed by atoms with van der Waals surface area (Å²) >= 11 is 23.6. The molecule has 0 atom stereocenters. The summed E-state index contributed by atoms with van der Waals surface area (Å²) in [5, 5.41) is 9.02. The molecule has 0 radical (unpaired) electrons. The normalized spacial score (nSPS) is 9.89. The molecule has 0 unspecified atom stereocenters. The Balaban J connectivity index is 0.000000594. The number of nitrogens with two attached hydrogens (primary N) is 4. The van der Waals surface area contributed by atoms with E-state index in [4.69, 9.17) is 96.3 Å². The van der Waals surface area contributed by atoms with Crippen molar-refractivity contribution in [3.63, 3.8) is 0 Å². The fourth-order valence-electron chi connectivity index (χ4n) is 1.93. The van der Waals surface area contributed by atoms with Gasteiger partial charge in [-0.25, -0.2) is 0 Å². The highest BCUT2D eigenvalue weighted by molar-refractivity contribution is 7.79. The number of hydrogen-bond donors (Lipinski definition) is 8. The van der Waals surface area contributed by atoms with Crippen molar-refractivity contribution >= 4 is 68.7 Å². The van der Waals surface area contributed by atoms with E-state index in [0.717, 1.165) is 0 Å². The third-order valence-electron chi connectivity index (χ3n) is 3.17. The third-order valence-corrected chi connectivity index (χ3v) is 4.37. The second kappa shape index (κ2) is 18.5. The molecule has 0 saturated carbocycles. The number of benzene rings is 2. The first-order valence-electron chi connectivity index (χ1n) is 9.68. The first kappa shape index (κ1) is 34.2. The van der Waals surface area contributed by atoms with Gasteiger partial charge in [-0.05, 0) is 24.3 Å². The first-order chi connectivity index (χ1) is 17.2. The van der Waals surface area contributed by atoms with Crippen molar-refractivity contribution in [3.8, 4) is 11.5 Å². The van der Waals surface area contributed by atoms with Gasteiger partial charge in [-0.1, -0.05) is 58.5 Å². The van der Waals surface area contributed by atoms with E-state index in [0.29, 0.717) is 57.9 Å². The van der Waals surface area contributed by atoms with Crippen LogP contribution in [-0.4, -0.2) is 55.7 Å². The highest BCUT2D eigenvalue weighted by Crippen LogP contribution is 2.32.